The topological polar surface area (TPSA) is 9.23 Å². The van der Waals surface area contributed by atoms with Gasteiger partial charge in [-0.15, -0.1) is 0 Å². The summed E-state index contributed by atoms with van der Waals surface area (Å²) in [5, 5.41) is 0. The Kier molecular flexibility index (Phi) is 4.37. The minimum Gasteiger partial charge on any atom is -0.493 e. The van der Waals surface area contributed by atoms with Crippen LogP contribution in [0.1, 0.15) is 26.7 Å². The van der Waals surface area contributed by atoms with Crippen LogP contribution in [0.2, 0.25) is 0 Å². The summed E-state index contributed by atoms with van der Waals surface area (Å²) in [6.07, 6.45) is 2.45. The van der Waals surface area contributed by atoms with Gasteiger partial charge >= 0.3 is 0 Å². The second-order valence-corrected chi connectivity index (χ2v) is 3.43. The molecule has 0 aromatic heterocycles. The van der Waals surface area contributed by atoms with Crippen LogP contribution in [0.5, 0.6) is 5.75 Å². The minimum atomic E-state index is 0.638. The molecule has 1 heteroatoms. The number of hydrogen-bond acceptors (Lipinski definition) is 1. The summed E-state index contributed by atoms with van der Waals surface area (Å²) in [5.74, 6) is 1.49. The molecule has 1 radical (unpaired) electrons. The molecule has 0 fully saturated rings. The van der Waals surface area contributed by atoms with Gasteiger partial charge < -0.3 is 4.74 Å². The number of rotatable bonds is 5. The van der Waals surface area contributed by atoms with Crippen LogP contribution in [0.4, 0.5) is 0 Å². The molecular weight excluding hydrogens is 160 g/mol. The van der Waals surface area contributed by atoms with Gasteiger partial charge in [0, 0.05) is 6.07 Å². The predicted molar refractivity (Wildman–Crippen MR) is 54.8 cm³/mol. The van der Waals surface area contributed by atoms with Crippen molar-refractivity contribution in [2.75, 3.05) is 6.61 Å². The van der Waals surface area contributed by atoms with Gasteiger partial charge in [0.1, 0.15) is 5.75 Å². The first-order valence-corrected chi connectivity index (χ1v) is 4.92. The van der Waals surface area contributed by atoms with E-state index in [9.17, 15) is 0 Å². The highest BCUT2D eigenvalue weighted by molar-refractivity contribution is 5.19. The molecule has 0 heterocycles. The molecule has 0 spiro atoms. The van der Waals surface area contributed by atoms with Gasteiger partial charge in [-0.3, -0.25) is 0 Å². The fourth-order valence-electron chi connectivity index (χ4n) is 1.27. The number of ether oxygens (including phenoxy) is 1. The monoisotopic (exact) mass is 177 g/mol. The summed E-state index contributed by atoms with van der Waals surface area (Å²) in [6.45, 7) is 5.21. The molecule has 1 aromatic carbocycles. The lowest BCUT2D eigenvalue weighted by molar-refractivity contribution is 0.251. The Morgan fingerprint density at radius 3 is 2.92 bits per heavy atom. The molecule has 71 valence electrons. The zero-order valence-electron chi connectivity index (χ0n) is 8.42. The molecule has 0 aliphatic rings. The van der Waals surface area contributed by atoms with Gasteiger partial charge in [0.25, 0.3) is 0 Å². The average Bonchev–Trinajstić information content (AvgIpc) is 2.17. The molecule has 0 N–H and O–H groups in total. The molecule has 0 amide bonds. The van der Waals surface area contributed by atoms with Crippen LogP contribution >= 0.6 is 0 Å². The molecule has 0 aliphatic carbocycles. The lowest BCUT2D eigenvalue weighted by Gasteiger charge is -2.11. The smallest absolute Gasteiger partial charge is 0.127 e. The quantitative estimate of drug-likeness (QED) is 0.670. The van der Waals surface area contributed by atoms with Crippen LogP contribution in [0.25, 0.3) is 0 Å². The van der Waals surface area contributed by atoms with E-state index in [0.29, 0.717) is 5.92 Å². The average molecular weight is 177 g/mol. The van der Waals surface area contributed by atoms with Crippen molar-refractivity contribution in [3.05, 3.63) is 30.3 Å². The van der Waals surface area contributed by atoms with E-state index in [1.807, 2.05) is 24.3 Å². The standard InChI is InChI=1S/C12H17O/c1-3-7-11(2)10-13-12-8-5-4-6-9-12/h4-6,8,11H,3,7,10H2,1-2H3. The van der Waals surface area contributed by atoms with E-state index in [4.69, 9.17) is 4.74 Å². The Labute approximate surface area is 80.7 Å². The first kappa shape index (κ1) is 10.1. The van der Waals surface area contributed by atoms with E-state index in [1.165, 1.54) is 12.8 Å². The summed E-state index contributed by atoms with van der Waals surface area (Å²) >= 11 is 0. The highest BCUT2D eigenvalue weighted by atomic mass is 16.5. The molecule has 1 atom stereocenters. The van der Waals surface area contributed by atoms with Gasteiger partial charge in [-0.05, 0) is 18.4 Å². The summed E-state index contributed by atoms with van der Waals surface area (Å²) in [6, 6.07) is 10.8. The SMILES string of the molecule is CCCC(C)COc1[c]cccc1. The lowest BCUT2D eigenvalue weighted by atomic mass is 10.1. The van der Waals surface area contributed by atoms with Crippen molar-refractivity contribution in [3.63, 3.8) is 0 Å². The maximum absolute atomic E-state index is 5.56. The molecule has 0 bridgehead atoms. The Bertz CT molecular complexity index is 218. The Hall–Kier alpha value is -0.980. The number of benzene rings is 1. The first-order chi connectivity index (χ1) is 6.33. The molecule has 1 unspecified atom stereocenters. The maximum atomic E-state index is 5.56. The van der Waals surface area contributed by atoms with Crippen molar-refractivity contribution < 1.29 is 4.74 Å². The van der Waals surface area contributed by atoms with Gasteiger partial charge in [0.05, 0.1) is 6.61 Å². The lowest BCUT2D eigenvalue weighted by Crippen LogP contribution is -2.07. The molecular formula is C12H17O. The predicted octanol–water partition coefficient (Wildman–Crippen LogP) is 3.30. The minimum absolute atomic E-state index is 0.638. The van der Waals surface area contributed by atoms with Crippen molar-refractivity contribution in [2.24, 2.45) is 5.92 Å². The van der Waals surface area contributed by atoms with Crippen molar-refractivity contribution >= 4 is 0 Å². The molecule has 0 saturated heterocycles. The maximum Gasteiger partial charge on any atom is 0.127 e. The summed E-state index contributed by atoms with van der Waals surface area (Å²) in [4.78, 5) is 0. The van der Waals surface area contributed by atoms with E-state index in [0.717, 1.165) is 12.4 Å². The van der Waals surface area contributed by atoms with E-state index in [2.05, 4.69) is 19.9 Å². The zero-order valence-corrected chi connectivity index (χ0v) is 8.42. The second-order valence-electron chi connectivity index (χ2n) is 3.43. The zero-order chi connectivity index (χ0) is 9.52. The molecule has 13 heavy (non-hydrogen) atoms. The molecule has 1 nitrogen and oxygen atoms in total. The molecule has 0 saturated carbocycles. The van der Waals surface area contributed by atoms with Crippen molar-refractivity contribution in [2.45, 2.75) is 26.7 Å². The van der Waals surface area contributed by atoms with Gasteiger partial charge in [-0.1, -0.05) is 38.5 Å². The summed E-state index contributed by atoms with van der Waals surface area (Å²) < 4.78 is 5.56. The Balaban J connectivity index is 2.27. The fourth-order valence-corrected chi connectivity index (χ4v) is 1.27. The van der Waals surface area contributed by atoms with Crippen LogP contribution < -0.4 is 4.74 Å². The van der Waals surface area contributed by atoms with Crippen LogP contribution in [0.15, 0.2) is 24.3 Å². The van der Waals surface area contributed by atoms with Crippen molar-refractivity contribution in [1.82, 2.24) is 0 Å². The van der Waals surface area contributed by atoms with Crippen molar-refractivity contribution in [3.8, 4) is 5.75 Å². The Morgan fingerprint density at radius 1 is 1.46 bits per heavy atom. The van der Waals surface area contributed by atoms with E-state index >= 15 is 0 Å². The summed E-state index contributed by atoms with van der Waals surface area (Å²) in [5.41, 5.74) is 0. The van der Waals surface area contributed by atoms with Crippen LogP contribution in [-0.2, 0) is 0 Å². The normalized spacial score (nSPS) is 12.5. The third kappa shape index (κ3) is 3.97. The second kappa shape index (κ2) is 5.63. The highest BCUT2D eigenvalue weighted by Gasteiger charge is 2.00. The largest absolute Gasteiger partial charge is 0.493 e. The summed E-state index contributed by atoms with van der Waals surface area (Å²) in [7, 11) is 0. The molecule has 1 aromatic rings. The molecule has 1 rings (SSSR count). The van der Waals surface area contributed by atoms with Gasteiger partial charge in [-0.25, -0.2) is 0 Å². The van der Waals surface area contributed by atoms with Gasteiger partial charge in [0.15, 0.2) is 0 Å². The van der Waals surface area contributed by atoms with E-state index in [1.54, 1.807) is 0 Å². The fraction of sp³-hybridized carbons (Fsp3) is 0.500. The third-order valence-electron chi connectivity index (χ3n) is 1.99. The Morgan fingerprint density at radius 2 is 2.31 bits per heavy atom. The van der Waals surface area contributed by atoms with Gasteiger partial charge in [-0.2, -0.15) is 0 Å². The highest BCUT2D eigenvalue weighted by Crippen LogP contribution is 2.11. The van der Waals surface area contributed by atoms with E-state index < -0.39 is 0 Å². The first-order valence-electron chi connectivity index (χ1n) is 4.92. The molecule has 0 aliphatic heterocycles. The van der Waals surface area contributed by atoms with E-state index in [-0.39, 0.29) is 0 Å². The number of hydrogen-bond donors (Lipinski definition) is 0. The van der Waals surface area contributed by atoms with Gasteiger partial charge in [0.2, 0.25) is 0 Å². The third-order valence-corrected chi connectivity index (χ3v) is 1.99. The van der Waals surface area contributed by atoms with Crippen LogP contribution in [-0.4, -0.2) is 6.61 Å². The van der Waals surface area contributed by atoms with Crippen molar-refractivity contribution in [1.29, 1.82) is 0 Å². The van der Waals surface area contributed by atoms with Crippen LogP contribution in [0.3, 0.4) is 0 Å². The van der Waals surface area contributed by atoms with Crippen LogP contribution in [0, 0.1) is 12.0 Å². The number of para-hydroxylation sites is 1.